The van der Waals surface area contributed by atoms with Crippen LogP contribution in [-0.2, 0) is 9.53 Å². The smallest absolute Gasteiger partial charge is 0.377 e. The van der Waals surface area contributed by atoms with Crippen molar-refractivity contribution >= 4 is 5.91 Å². The second kappa shape index (κ2) is 7.45. The molecule has 0 bridgehead atoms. The highest BCUT2D eigenvalue weighted by Gasteiger charge is 2.27. The van der Waals surface area contributed by atoms with Crippen LogP contribution in [0.5, 0.6) is 0 Å². The predicted octanol–water partition coefficient (Wildman–Crippen LogP) is 0.679. The van der Waals surface area contributed by atoms with Crippen LogP contribution in [0, 0.1) is 0 Å². The molecule has 16 heavy (non-hydrogen) atoms. The number of rotatable bonds is 7. The summed E-state index contributed by atoms with van der Waals surface area (Å²) in [5.41, 5.74) is 0. The molecule has 7 heteroatoms. The lowest BCUT2D eigenvalue weighted by Crippen LogP contribution is -2.40. The molecule has 0 spiro atoms. The summed E-state index contributed by atoms with van der Waals surface area (Å²) in [6.45, 7) is 3.19. The van der Waals surface area contributed by atoms with E-state index in [2.05, 4.69) is 5.32 Å². The largest absolute Gasteiger partial charge is 0.405 e. The van der Waals surface area contributed by atoms with Gasteiger partial charge in [-0.05, 0) is 13.8 Å². The van der Waals surface area contributed by atoms with Crippen molar-refractivity contribution in [3.8, 4) is 0 Å². The Morgan fingerprint density at radius 3 is 2.56 bits per heavy atom. The molecule has 0 rings (SSSR count). The molecule has 0 aliphatic heterocycles. The molecule has 0 aliphatic carbocycles. The number of nitrogens with one attached hydrogen (secondary N) is 2. The lowest BCUT2D eigenvalue weighted by Gasteiger charge is -2.13. The number of ether oxygens (including phenoxy) is 1. The highest BCUT2D eigenvalue weighted by molar-refractivity contribution is 5.77. The van der Waals surface area contributed by atoms with Crippen molar-refractivity contribution < 1.29 is 22.7 Å². The summed E-state index contributed by atoms with van der Waals surface area (Å²) in [6.07, 6.45) is -4.44. The van der Waals surface area contributed by atoms with Crippen LogP contribution < -0.4 is 10.6 Å². The third-order valence-corrected chi connectivity index (χ3v) is 1.65. The topological polar surface area (TPSA) is 50.4 Å². The molecule has 0 fully saturated rings. The Morgan fingerprint density at radius 1 is 1.44 bits per heavy atom. The molecular formula is C9H17F3N2O2. The van der Waals surface area contributed by atoms with E-state index in [4.69, 9.17) is 4.74 Å². The van der Waals surface area contributed by atoms with Crippen molar-refractivity contribution in [1.82, 2.24) is 10.6 Å². The fourth-order valence-electron chi connectivity index (χ4n) is 0.994. The Balaban J connectivity index is 3.51. The van der Waals surface area contributed by atoms with Gasteiger partial charge in [0.2, 0.25) is 5.91 Å². The summed E-state index contributed by atoms with van der Waals surface area (Å²) in [4.78, 5) is 10.9. The molecule has 4 nitrogen and oxygen atoms in total. The van der Waals surface area contributed by atoms with Gasteiger partial charge in [0.05, 0.1) is 12.6 Å². The van der Waals surface area contributed by atoms with Gasteiger partial charge in [0.15, 0.2) is 0 Å². The average molecular weight is 242 g/mol. The molecule has 2 N–H and O–H groups in total. The molecule has 1 atom stereocenters. The minimum atomic E-state index is -4.37. The maximum absolute atomic E-state index is 11.7. The van der Waals surface area contributed by atoms with Gasteiger partial charge in [-0.3, -0.25) is 4.79 Å². The highest BCUT2D eigenvalue weighted by Crippen LogP contribution is 2.11. The van der Waals surface area contributed by atoms with Gasteiger partial charge in [-0.25, -0.2) is 0 Å². The number of carbonyl (C=O) groups excluding carboxylic acids is 1. The molecule has 0 aromatic carbocycles. The van der Waals surface area contributed by atoms with Crippen molar-refractivity contribution in [1.29, 1.82) is 0 Å². The molecule has 0 aromatic heterocycles. The summed E-state index contributed by atoms with van der Waals surface area (Å²) in [5, 5.41) is 4.46. The van der Waals surface area contributed by atoms with E-state index in [0.717, 1.165) is 0 Å². The molecule has 1 amide bonds. The maximum Gasteiger partial charge on any atom is 0.405 e. The second-order valence-electron chi connectivity index (χ2n) is 3.29. The summed E-state index contributed by atoms with van der Waals surface area (Å²) >= 11 is 0. The van der Waals surface area contributed by atoms with Crippen molar-refractivity contribution in [2.24, 2.45) is 0 Å². The molecule has 96 valence electrons. The van der Waals surface area contributed by atoms with Gasteiger partial charge in [-0.2, -0.15) is 13.2 Å². The summed E-state index contributed by atoms with van der Waals surface area (Å²) in [5.74, 6) is -0.680. The lowest BCUT2D eigenvalue weighted by atomic mass is 10.4. The van der Waals surface area contributed by atoms with Gasteiger partial charge in [-0.15, -0.1) is 0 Å². The van der Waals surface area contributed by atoms with Crippen molar-refractivity contribution in [2.75, 3.05) is 26.2 Å². The van der Waals surface area contributed by atoms with E-state index >= 15 is 0 Å². The van der Waals surface area contributed by atoms with E-state index in [1.54, 1.807) is 5.32 Å². The minimum absolute atomic E-state index is 0.0691. The van der Waals surface area contributed by atoms with E-state index in [1.165, 1.54) is 0 Å². The normalized spacial score (nSPS) is 13.6. The molecule has 0 saturated heterocycles. The first-order valence-corrected chi connectivity index (χ1v) is 5.01. The first-order chi connectivity index (χ1) is 7.35. The number of hydrogen-bond acceptors (Lipinski definition) is 3. The maximum atomic E-state index is 11.7. The Morgan fingerprint density at radius 2 is 2.06 bits per heavy atom. The van der Waals surface area contributed by atoms with Crippen LogP contribution in [0.25, 0.3) is 0 Å². The van der Waals surface area contributed by atoms with Crippen LogP contribution in [0.2, 0.25) is 0 Å². The van der Waals surface area contributed by atoms with Crippen LogP contribution in [0.15, 0.2) is 0 Å². The van der Waals surface area contributed by atoms with Crippen LogP contribution >= 0.6 is 0 Å². The Labute approximate surface area is 92.5 Å². The number of carbonyl (C=O) groups is 1. The summed E-state index contributed by atoms with van der Waals surface area (Å²) < 4.78 is 40.3. The van der Waals surface area contributed by atoms with Crippen molar-refractivity contribution in [3.05, 3.63) is 0 Å². The molecule has 0 aromatic rings. The third kappa shape index (κ3) is 9.72. The first kappa shape index (κ1) is 15.2. The van der Waals surface area contributed by atoms with Crippen LogP contribution in [0.1, 0.15) is 13.8 Å². The zero-order chi connectivity index (χ0) is 12.6. The van der Waals surface area contributed by atoms with E-state index in [0.29, 0.717) is 13.2 Å². The monoisotopic (exact) mass is 242 g/mol. The number of hydrogen-bond donors (Lipinski definition) is 2. The first-order valence-electron chi connectivity index (χ1n) is 5.01. The molecule has 0 aliphatic rings. The van der Waals surface area contributed by atoms with Crippen LogP contribution in [-0.4, -0.2) is 44.4 Å². The van der Waals surface area contributed by atoms with Gasteiger partial charge in [-0.1, -0.05) is 0 Å². The standard InChI is InChI=1S/C9H17F3N2O2/c1-3-16-7(2)4-13-5-8(15)14-6-9(10,11)12/h7,13H,3-6H2,1-2H3,(H,14,15). The Bertz CT molecular complexity index is 209. The van der Waals surface area contributed by atoms with E-state index < -0.39 is 18.6 Å². The fraction of sp³-hybridized carbons (Fsp3) is 0.889. The summed E-state index contributed by atoms with van der Waals surface area (Å²) in [7, 11) is 0. The molecule has 0 saturated carbocycles. The fourth-order valence-corrected chi connectivity index (χ4v) is 0.994. The molecule has 0 heterocycles. The predicted molar refractivity (Wildman–Crippen MR) is 53.0 cm³/mol. The van der Waals surface area contributed by atoms with E-state index in [9.17, 15) is 18.0 Å². The second-order valence-corrected chi connectivity index (χ2v) is 3.29. The van der Waals surface area contributed by atoms with E-state index in [1.807, 2.05) is 13.8 Å². The Hall–Kier alpha value is -0.820. The molecule has 1 unspecified atom stereocenters. The van der Waals surface area contributed by atoms with Crippen molar-refractivity contribution in [2.45, 2.75) is 26.1 Å². The number of alkyl halides is 3. The average Bonchev–Trinajstić information content (AvgIpc) is 2.14. The van der Waals surface area contributed by atoms with Gasteiger partial charge >= 0.3 is 6.18 Å². The molecule has 0 radical (unpaired) electrons. The lowest BCUT2D eigenvalue weighted by molar-refractivity contribution is -0.137. The third-order valence-electron chi connectivity index (χ3n) is 1.65. The van der Waals surface area contributed by atoms with Crippen molar-refractivity contribution in [3.63, 3.8) is 0 Å². The van der Waals surface area contributed by atoms with Crippen LogP contribution in [0.4, 0.5) is 13.2 Å². The minimum Gasteiger partial charge on any atom is -0.377 e. The molecular weight excluding hydrogens is 225 g/mol. The van der Waals surface area contributed by atoms with Gasteiger partial charge in [0.1, 0.15) is 6.54 Å². The van der Waals surface area contributed by atoms with Gasteiger partial charge < -0.3 is 15.4 Å². The SMILES string of the molecule is CCOC(C)CNCC(=O)NCC(F)(F)F. The summed E-state index contributed by atoms with van der Waals surface area (Å²) in [6, 6.07) is 0. The van der Waals surface area contributed by atoms with Gasteiger partial charge in [0, 0.05) is 13.2 Å². The Kier molecular flexibility index (Phi) is 7.07. The van der Waals surface area contributed by atoms with E-state index in [-0.39, 0.29) is 12.6 Å². The highest BCUT2D eigenvalue weighted by atomic mass is 19.4. The quantitative estimate of drug-likeness (QED) is 0.690. The van der Waals surface area contributed by atoms with Gasteiger partial charge in [0.25, 0.3) is 0 Å². The zero-order valence-electron chi connectivity index (χ0n) is 9.36. The number of amides is 1. The zero-order valence-corrected chi connectivity index (χ0v) is 9.36. The van der Waals surface area contributed by atoms with Crippen LogP contribution in [0.3, 0.4) is 0 Å². The number of halogens is 3.